The Balaban J connectivity index is 3.47. The lowest BCUT2D eigenvalue weighted by Crippen LogP contribution is -2.45. The summed E-state index contributed by atoms with van der Waals surface area (Å²) in [6.07, 6.45) is 63.5. The summed E-state index contributed by atoms with van der Waals surface area (Å²) in [6.45, 7) is 4.90. The van der Waals surface area contributed by atoms with Gasteiger partial charge in [-0.05, 0) is 51.4 Å². The molecule has 3 N–H and O–H groups in total. The van der Waals surface area contributed by atoms with Crippen molar-refractivity contribution in [3.63, 3.8) is 0 Å². The van der Waals surface area contributed by atoms with Gasteiger partial charge in [-0.15, -0.1) is 0 Å². The Morgan fingerprint density at radius 3 is 1.11 bits per heavy atom. The lowest BCUT2D eigenvalue weighted by atomic mass is 10.0. The zero-order chi connectivity index (χ0) is 46.5. The van der Waals surface area contributed by atoms with Gasteiger partial charge in [-0.3, -0.25) is 9.59 Å². The third-order valence-electron chi connectivity index (χ3n) is 13.6. The quantitative estimate of drug-likeness (QED) is 0.0321. The molecule has 1 amide bonds. The molecule has 0 rings (SSSR count). The third-order valence-corrected chi connectivity index (χ3v) is 13.6. The molecular formula is C58H113NO5. The largest absolute Gasteiger partial charge is 0.466 e. The maximum absolute atomic E-state index is 12.5. The van der Waals surface area contributed by atoms with Crippen molar-refractivity contribution in [1.82, 2.24) is 5.32 Å². The molecule has 0 heterocycles. The fraction of sp³-hybridized carbons (Fsp3) is 0.931. The lowest BCUT2D eigenvalue weighted by molar-refractivity contribution is -0.143. The van der Waals surface area contributed by atoms with Gasteiger partial charge in [-0.1, -0.05) is 270 Å². The molecule has 0 bridgehead atoms. The number of allylic oxidation sites excluding steroid dienone is 2. The molecule has 6 heteroatoms. The minimum absolute atomic E-state index is 0.0256. The zero-order valence-corrected chi connectivity index (χ0v) is 43.3. The molecule has 64 heavy (non-hydrogen) atoms. The highest BCUT2D eigenvalue weighted by Crippen LogP contribution is 2.18. The Morgan fingerprint density at radius 2 is 0.734 bits per heavy atom. The van der Waals surface area contributed by atoms with Crippen molar-refractivity contribution in [2.45, 2.75) is 334 Å². The maximum atomic E-state index is 12.5. The predicted molar refractivity (Wildman–Crippen MR) is 278 cm³/mol. The smallest absolute Gasteiger partial charge is 0.305 e. The Bertz CT molecular complexity index is 955. The first-order chi connectivity index (χ1) is 31.5. The van der Waals surface area contributed by atoms with Gasteiger partial charge >= 0.3 is 5.97 Å². The van der Waals surface area contributed by atoms with Crippen LogP contribution in [0.5, 0.6) is 0 Å². The average Bonchev–Trinajstić information content (AvgIpc) is 3.29. The van der Waals surface area contributed by atoms with Gasteiger partial charge in [0.05, 0.1) is 25.4 Å². The molecule has 0 saturated heterocycles. The molecular weight excluding hydrogens is 791 g/mol. The van der Waals surface area contributed by atoms with Crippen LogP contribution in [0.15, 0.2) is 12.2 Å². The van der Waals surface area contributed by atoms with Crippen molar-refractivity contribution in [3.8, 4) is 0 Å². The van der Waals surface area contributed by atoms with Crippen LogP contribution >= 0.6 is 0 Å². The highest BCUT2D eigenvalue weighted by Gasteiger charge is 2.20. The lowest BCUT2D eigenvalue weighted by Gasteiger charge is -2.22. The number of carbonyl (C=O) groups excluding carboxylic acids is 2. The second kappa shape index (κ2) is 54.2. The van der Waals surface area contributed by atoms with Crippen molar-refractivity contribution in [2.24, 2.45) is 0 Å². The van der Waals surface area contributed by atoms with Gasteiger partial charge in [0.15, 0.2) is 0 Å². The summed E-state index contributed by atoms with van der Waals surface area (Å²) in [4.78, 5) is 24.6. The van der Waals surface area contributed by atoms with Crippen LogP contribution in [0.2, 0.25) is 0 Å². The first-order valence-electron chi connectivity index (χ1n) is 28.9. The van der Waals surface area contributed by atoms with Gasteiger partial charge < -0.3 is 20.3 Å². The molecule has 0 aliphatic rings. The number of hydrogen-bond donors (Lipinski definition) is 3. The van der Waals surface area contributed by atoms with Gasteiger partial charge in [-0.2, -0.15) is 0 Å². The van der Waals surface area contributed by atoms with E-state index in [4.69, 9.17) is 4.74 Å². The van der Waals surface area contributed by atoms with Crippen molar-refractivity contribution in [1.29, 1.82) is 0 Å². The molecule has 6 nitrogen and oxygen atoms in total. The van der Waals surface area contributed by atoms with E-state index < -0.39 is 12.1 Å². The molecule has 2 atom stereocenters. The van der Waals surface area contributed by atoms with Gasteiger partial charge in [0, 0.05) is 12.8 Å². The number of aliphatic hydroxyl groups is 2. The second-order valence-electron chi connectivity index (χ2n) is 20.0. The van der Waals surface area contributed by atoms with Crippen molar-refractivity contribution in [2.75, 3.05) is 13.2 Å². The molecule has 0 aromatic heterocycles. The normalized spacial score (nSPS) is 12.6. The van der Waals surface area contributed by atoms with Crippen LogP contribution < -0.4 is 5.32 Å². The van der Waals surface area contributed by atoms with Gasteiger partial charge in [0.1, 0.15) is 0 Å². The molecule has 0 spiro atoms. The van der Waals surface area contributed by atoms with Crippen LogP contribution in [0.4, 0.5) is 0 Å². The fourth-order valence-electron chi connectivity index (χ4n) is 9.11. The summed E-state index contributed by atoms with van der Waals surface area (Å²) in [5, 5.41) is 23.3. The Labute approximate surface area is 399 Å². The van der Waals surface area contributed by atoms with E-state index in [1.54, 1.807) is 0 Å². The summed E-state index contributed by atoms with van der Waals surface area (Å²) in [6, 6.07) is -0.562. The minimum Gasteiger partial charge on any atom is -0.466 e. The number of rotatable bonds is 54. The summed E-state index contributed by atoms with van der Waals surface area (Å²) in [5.74, 6) is -0.0866. The summed E-state index contributed by atoms with van der Waals surface area (Å²) in [7, 11) is 0. The van der Waals surface area contributed by atoms with Crippen LogP contribution in [0.1, 0.15) is 322 Å². The van der Waals surface area contributed by atoms with E-state index in [2.05, 4.69) is 31.3 Å². The van der Waals surface area contributed by atoms with Gasteiger partial charge in [-0.25, -0.2) is 0 Å². The molecule has 2 unspecified atom stereocenters. The minimum atomic E-state index is -0.682. The third kappa shape index (κ3) is 50.0. The molecule has 0 fully saturated rings. The number of unbranched alkanes of at least 4 members (excludes halogenated alkanes) is 41. The SMILES string of the molecule is CCCCCCCCCCCCCCCCCCCCCC(=O)OCCCC/C=C\CCCCCCCC(=O)NC(CO)C(O)CCCCCCCCCCCCCCCCCCC. The van der Waals surface area contributed by atoms with Gasteiger partial charge in [0.2, 0.25) is 5.91 Å². The summed E-state index contributed by atoms with van der Waals surface area (Å²) in [5.41, 5.74) is 0. The molecule has 0 aliphatic carbocycles. The van der Waals surface area contributed by atoms with Crippen LogP contribution in [0.3, 0.4) is 0 Å². The van der Waals surface area contributed by atoms with Crippen molar-refractivity contribution >= 4 is 11.9 Å². The number of aliphatic hydroxyl groups excluding tert-OH is 2. The maximum Gasteiger partial charge on any atom is 0.305 e. The van der Waals surface area contributed by atoms with E-state index in [-0.39, 0.29) is 18.5 Å². The number of esters is 1. The van der Waals surface area contributed by atoms with E-state index >= 15 is 0 Å². The number of hydrogen-bond acceptors (Lipinski definition) is 5. The summed E-state index contributed by atoms with van der Waals surface area (Å²) < 4.78 is 5.46. The second-order valence-corrected chi connectivity index (χ2v) is 20.0. The van der Waals surface area contributed by atoms with E-state index in [1.807, 2.05) is 0 Å². The van der Waals surface area contributed by atoms with E-state index in [9.17, 15) is 19.8 Å². The Kier molecular flexibility index (Phi) is 53.0. The van der Waals surface area contributed by atoms with Gasteiger partial charge in [0.25, 0.3) is 0 Å². The molecule has 0 aromatic carbocycles. The predicted octanol–water partition coefficient (Wildman–Crippen LogP) is 17.7. The highest BCUT2D eigenvalue weighted by molar-refractivity contribution is 5.76. The van der Waals surface area contributed by atoms with E-state index in [0.717, 1.165) is 77.0 Å². The van der Waals surface area contributed by atoms with Crippen molar-refractivity contribution < 1.29 is 24.5 Å². The van der Waals surface area contributed by atoms with Crippen LogP contribution in [0.25, 0.3) is 0 Å². The monoisotopic (exact) mass is 904 g/mol. The Hall–Kier alpha value is -1.40. The molecule has 380 valence electrons. The number of carbonyl (C=O) groups is 2. The molecule has 0 aromatic rings. The zero-order valence-electron chi connectivity index (χ0n) is 43.3. The van der Waals surface area contributed by atoms with E-state index in [1.165, 1.54) is 212 Å². The summed E-state index contributed by atoms with van der Waals surface area (Å²) >= 11 is 0. The van der Waals surface area contributed by atoms with Crippen LogP contribution in [-0.4, -0.2) is 47.4 Å². The molecule has 0 radical (unpaired) electrons. The van der Waals surface area contributed by atoms with E-state index in [0.29, 0.717) is 25.9 Å². The number of ether oxygens (including phenoxy) is 1. The first-order valence-corrected chi connectivity index (χ1v) is 28.9. The molecule has 0 aliphatic heterocycles. The number of nitrogens with one attached hydrogen (secondary N) is 1. The van der Waals surface area contributed by atoms with Crippen molar-refractivity contribution in [3.05, 3.63) is 12.2 Å². The highest BCUT2D eigenvalue weighted by atomic mass is 16.5. The Morgan fingerprint density at radius 1 is 0.422 bits per heavy atom. The fourth-order valence-corrected chi connectivity index (χ4v) is 9.11. The standard InChI is InChI=1S/C58H113NO5/c1-3-5-7-9-11-13-15-17-19-21-22-24-26-28-32-36-40-44-48-52-58(63)64-53-49-45-41-37-33-29-31-35-39-43-47-51-57(62)59-55(54-60)56(61)50-46-42-38-34-30-27-25-23-20-18-16-14-12-10-8-6-4-2/h33,37,55-56,60-61H,3-32,34-36,38-54H2,1-2H3,(H,59,62)/b37-33-. The topological polar surface area (TPSA) is 95.9 Å². The molecule has 0 saturated carbocycles. The number of amides is 1. The average molecular weight is 905 g/mol. The van der Waals surface area contributed by atoms with Crippen LogP contribution in [0, 0.1) is 0 Å². The van der Waals surface area contributed by atoms with Crippen LogP contribution in [-0.2, 0) is 14.3 Å². The first kappa shape index (κ1) is 62.6.